The Bertz CT molecular complexity index is 1460. The first-order valence-corrected chi connectivity index (χ1v) is 13.1. The van der Waals surface area contributed by atoms with Crippen molar-refractivity contribution in [3.63, 3.8) is 0 Å². The number of piperidine rings is 1. The van der Waals surface area contributed by atoms with Crippen molar-refractivity contribution in [2.45, 2.75) is 38.0 Å². The Kier molecular flexibility index (Phi) is 6.88. The third-order valence-corrected chi connectivity index (χ3v) is 7.45. The van der Waals surface area contributed by atoms with E-state index in [0.29, 0.717) is 50.5 Å². The molecule has 6 rings (SSSR count). The quantitative estimate of drug-likeness (QED) is 0.387. The molecule has 2 saturated heterocycles. The summed E-state index contributed by atoms with van der Waals surface area (Å²) in [7, 11) is 0. The van der Waals surface area contributed by atoms with Crippen molar-refractivity contribution in [3.8, 4) is 17.0 Å². The Morgan fingerprint density at radius 2 is 1.97 bits per heavy atom. The van der Waals surface area contributed by atoms with E-state index in [1.54, 1.807) is 35.2 Å². The second kappa shape index (κ2) is 10.5. The van der Waals surface area contributed by atoms with Crippen LogP contribution in [-0.4, -0.2) is 69.2 Å². The van der Waals surface area contributed by atoms with Gasteiger partial charge >= 0.3 is 0 Å². The standard InChI is InChI=1S/C28H30F2N6O3/c1-16-13-35(14-23(31)28(16)37)25-4-6-32-11-17(25)8-26-33-12-18-2-3-24(34-36(18)26)27-21(29)9-20(10-22(27)30)39-19-5-7-38-15-19/h2-4,6,9-12,16,19,23,28,37H,5,7-8,13-15,31H2,1H3/t16-,19?,23+,28+/m0/s1. The molecule has 2 aliphatic heterocycles. The Hall–Kier alpha value is -3.67. The van der Waals surface area contributed by atoms with Gasteiger partial charge in [-0.2, -0.15) is 5.10 Å². The van der Waals surface area contributed by atoms with E-state index < -0.39 is 17.7 Å². The maximum absolute atomic E-state index is 15.1. The Morgan fingerprint density at radius 3 is 2.72 bits per heavy atom. The van der Waals surface area contributed by atoms with Crippen LogP contribution < -0.4 is 15.4 Å². The Morgan fingerprint density at radius 1 is 1.15 bits per heavy atom. The number of fused-ring (bicyclic) bond motifs is 1. The zero-order valence-electron chi connectivity index (χ0n) is 21.5. The summed E-state index contributed by atoms with van der Waals surface area (Å²) in [6.07, 6.45) is 5.46. The molecule has 2 fully saturated rings. The van der Waals surface area contributed by atoms with E-state index in [2.05, 4.69) is 20.0 Å². The highest BCUT2D eigenvalue weighted by molar-refractivity contribution is 5.64. The van der Waals surface area contributed by atoms with E-state index in [9.17, 15) is 5.11 Å². The van der Waals surface area contributed by atoms with Crippen LogP contribution in [0.3, 0.4) is 0 Å². The van der Waals surface area contributed by atoms with Gasteiger partial charge in [0.05, 0.1) is 42.3 Å². The van der Waals surface area contributed by atoms with Gasteiger partial charge in [0, 0.05) is 73.7 Å². The summed E-state index contributed by atoms with van der Waals surface area (Å²) in [5.74, 6) is -0.789. The molecule has 3 N–H and O–H groups in total. The first kappa shape index (κ1) is 25.6. The maximum Gasteiger partial charge on any atom is 0.139 e. The van der Waals surface area contributed by atoms with E-state index in [1.165, 1.54) is 12.1 Å². The number of halogens is 2. The average Bonchev–Trinajstić information content (AvgIpc) is 3.57. The molecule has 4 aromatic rings. The number of benzene rings is 1. The van der Waals surface area contributed by atoms with Crippen LogP contribution in [0.5, 0.6) is 5.75 Å². The molecule has 4 atom stereocenters. The van der Waals surface area contributed by atoms with E-state index in [1.807, 2.05) is 13.0 Å². The van der Waals surface area contributed by atoms with Crippen LogP contribution in [-0.2, 0) is 11.2 Å². The number of anilines is 1. The summed E-state index contributed by atoms with van der Waals surface area (Å²) in [6.45, 7) is 4.11. The smallest absolute Gasteiger partial charge is 0.139 e. The molecule has 5 heterocycles. The molecule has 0 spiro atoms. The van der Waals surface area contributed by atoms with Gasteiger partial charge in [-0.05, 0) is 18.2 Å². The van der Waals surface area contributed by atoms with Crippen LogP contribution in [0.15, 0.2) is 48.9 Å². The van der Waals surface area contributed by atoms with Gasteiger partial charge < -0.3 is 25.2 Å². The number of aliphatic hydroxyl groups excluding tert-OH is 1. The molecule has 0 bridgehead atoms. The summed E-state index contributed by atoms with van der Waals surface area (Å²) in [6, 6.07) is 7.23. The number of hydrogen-bond donors (Lipinski definition) is 2. The number of aromatic nitrogens is 4. The number of ether oxygens (including phenoxy) is 2. The molecule has 0 aliphatic carbocycles. The minimum atomic E-state index is -0.760. The summed E-state index contributed by atoms with van der Waals surface area (Å²) in [5.41, 5.74) is 8.65. The molecule has 0 radical (unpaired) electrons. The van der Waals surface area contributed by atoms with Crippen LogP contribution in [0.2, 0.25) is 0 Å². The van der Waals surface area contributed by atoms with Gasteiger partial charge in [-0.1, -0.05) is 6.92 Å². The molecule has 1 aromatic carbocycles. The van der Waals surface area contributed by atoms with Gasteiger partial charge in [-0.25, -0.2) is 18.3 Å². The molecular weight excluding hydrogens is 506 g/mol. The lowest BCUT2D eigenvalue weighted by atomic mass is 9.92. The molecular formula is C28H30F2N6O3. The largest absolute Gasteiger partial charge is 0.488 e. The molecule has 0 amide bonds. The molecule has 3 aromatic heterocycles. The number of aliphatic hydroxyl groups is 1. The van der Waals surface area contributed by atoms with Gasteiger partial charge in [0.1, 0.15) is 29.3 Å². The van der Waals surface area contributed by atoms with Gasteiger partial charge in [0.2, 0.25) is 0 Å². The van der Waals surface area contributed by atoms with E-state index in [-0.39, 0.29) is 35.1 Å². The highest BCUT2D eigenvalue weighted by Crippen LogP contribution is 2.31. The second-order valence-electron chi connectivity index (χ2n) is 10.3. The minimum Gasteiger partial charge on any atom is -0.488 e. The van der Waals surface area contributed by atoms with Gasteiger partial charge in [-0.15, -0.1) is 0 Å². The third kappa shape index (κ3) is 5.05. The van der Waals surface area contributed by atoms with Crippen LogP contribution >= 0.6 is 0 Å². The maximum atomic E-state index is 15.1. The summed E-state index contributed by atoms with van der Waals surface area (Å²) in [4.78, 5) is 11.0. The lowest BCUT2D eigenvalue weighted by Gasteiger charge is -2.40. The van der Waals surface area contributed by atoms with Gasteiger partial charge in [0.25, 0.3) is 0 Å². The molecule has 39 heavy (non-hydrogen) atoms. The van der Waals surface area contributed by atoms with Crippen molar-refractivity contribution in [1.29, 1.82) is 0 Å². The molecule has 11 heteroatoms. The second-order valence-corrected chi connectivity index (χ2v) is 10.3. The first-order chi connectivity index (χ1) is 18.9. The van der Waals surface area contributed by atoms with E-state index in [4.69, 9.17) is 15.2 Å². The monoisotopic (exact) mass is 536 g/mol. The minimum absolute atomic E-state index is 0.0133. The van der Waals surface area contributed by atoms with Gasteiger partial charge in [0.15, 0.2) is 0 Å². The Labute approximate surface area is 224 Å². The topological polar surface area (TPSA) is 111 Å². The van der Waals surface area contributed by atoms with Crippen LogP contribution in [0.25, 0.3) is 16.8 Å². The molecule has 1 unspecified atom stereocenters. The average molecular weight is 537 g/mol. The fourth-order valence-electron chi connectivity index (χ4n) is 5.39. The van der Waals surface area contributed by atoms with Crippen molar-refractivity contribution in [3.05, 3.63) is 71.9 Å². The molecule has 0 saturated carbocycles. The fourth-order valence-corrected chi connectivity index (χ4v) is 5.39. The van der Waals surface area contributed by atoms with Crippen LogP contribution in [0, 0.1) is 17.6 Å². The number of nitrogens with two attached hydrogens (primary N) is 1. The lowest BCUT2D eigenvalue weighted by molar-refractivity contribution is 0.0784. The van der Waals surface area contributed by atoms with Crippen molar-refractivity contribution in [1.82, 2.24) is 19.6 Å². The van der Waals surface area contributed by atoms with Crippen molar-refractivity contribution >= 4 is 11.2 Å². The summed E-state index contributed by atoms with van der Waals surface area (Å²) >= 11 is 0. The Balaban J connectivity index is 1.30. The third-order valence-electron chi connectivity index (χ3n) is 7.45. The molecule has 9 nitrogen and oxygen atoms in total. The van der Waals surface area contributed by atoms with E-state index >= 15 is 8.78 Å². The normalized spacial score (nSPS) is 23.5. The SMILES string of the molecule is C[C@H]1CN(c2ccncc2Cc2ncc3ccc(-c4c(F)cc(OC5CCOC5)cc4F)nn23)C[C@@H](N)[C@@H]1O. The fraction of sp³-hybridized carbons (Fsp3) is 0.393. The van der Waals surface area contributed by atoms with Crippen molar-refractivity contribution in [2.24, 2.45) is 11.7 Å². The summed E-state index contributed by atoms with van der Waals surface area (Å²) in [5, 5.41) is 14.9. The predicted molar refractivity (Wildman–Crippen MR) is 141 cm³/mol. The van der Waals surface area contributed by atoms with Crippen LogP contribution in [0.4, 0.5) is 14.5 Å². The molecule has 2 aliphatic rings. The number of imidazole rings is 1. The highest BCUT2D eigenvalue weighted by atomic mass is 19.1. The number of nitrogens with zero attached hydrogens (tertiary/aromatic N) is 5. The molecule has 204 valence electrons. The van der Waals surface area contributed by atoms with E-state index in [0.717, 1.165) is 11.3 Å². The van der Waals surface area contributed by atoms with Gasteiger partial charge in [-0.3, -0.25) is 4.98 Å². The van der Waals surface area contributed by atoms with Crippen molar-refractivity contribution in [2.75, 3.05) is 31.2 Å². The number of rotatable bonds is 6. The number of pyridine rings is 1. The zero-order valence-corrected chi connectivity index (χ0v) is 21.5. The predicted octanol–water partition coefficient (Wildman–Crippen LogP) is 2.97. The number of hydrogen-bond acceptors (Lipinski definition) is 8. The lowest BCUT2D eigenvalue weighted by Crippen LogP contribution is -2.55. The van der Waals surface area contributed by atoms with Crippen molar-refractivity contribution < 1.29 is 23.4 Å². The van der Waals surface area contributed by atoms with Crippen LogP contribution in [0.1, 0.15) is 24.7 Å². The first-order valence-electron chi connectivity index (χ1n) is 13.1. The highest BCUT2D eigenvalue weighted by Gasteiger charge is 2.32. The summed E-state index contributed by atoms with van der Waals surface area (Å²) < 4.78 is 42.8. The zero-order chi connectivity index (χ0) is 27.1.